The van der Waals surface area contributed by atoms with Gasteiger partial charge in [-0.2, -0.15) is 4.31 Å². The Hall–Kier alpha value is -0.630. The molecule has 1 fully saturated rings. The molecule has 0 bridgehead atoms. The minimum atomic E-state index is -3.52. The zero-order chi connectivity index (χ0) is 15.0. The summed E-state index contributed by atoms with van der Waals surface area (Å²) >= 11 is 3.41. The number of likely N-dealkylation sites (N-methyl/N-ethyl adjacent to an activating group) is 1. The lowest BCUT2D eigenvalue weighted by Gasteiger charge is -2.24. The molecule has 1 unspecified atom stereocenters. The van der Waals surface area contributed by atoms with Gasteiger partial charge in [0, 0.05) is 35.6 Å². The van der Waals surface area contributed by atoms with Gasteiger partial charge in [-0.05, 0) is 32.0 Å². The van der Waals surface area contributed by atoms with E-state index in [-0.39, 0.29) is 6.04 Å². The Labute approximate surface area is 133 Å². The summed E-state index contributed by atoms with van der Waals surface area (Å²) in [5, 5.41) is 3.08. The first-order valence-corrected chi connectivity index (χ1v) is 9.39. The number of hydrogen-bond acceptors (Lipinski definition) is 4. The van der Waals surface area contributed by atoms with Gasteiger partial charge < -0.3 is 10.1 Å². The van der Waals surface area contributed by atoms with E-state index in [2.05, 4.69) is 21.2 Å². The van der Waals surface area contributed by atoms with Crippen LogP contribution in [-0.2, 0) is 16.4 Å². The Morgan fingerprint density at radius 2 is 2.29 bits per heavy atom. The van der Waals surface area contributed by atoms with Crippen molar-refractivity contribution >= 4 is 26.0 Å². The van der Waals surface area contributed by atoms with Crippen molar-refractivity contribution in [2.24, 2.45) is 0 Å². The molecule has 0 radical (unpaired) electrons. The maximum atomic E-state index is 13.0. The molecule has 1 atom stereocenters. The van der Waals surface area contributed by atoms with Crippen molar-refractivity contribution in [1.82, 2.24) is 9.62 Å². The summed E-state index contributed by atoms with van der Waals surface area (Å²) in [6, 6.07) is 3.63. The lowest BCUT2D eigenvalue weighted by atomic mass is 10.2. The van der Waals surface area contributed by atoms with Crippen molar-refractivity contribution in [3.8, 4) is 5.75 Å². The first-order chi connectivity index (χ1) is 10.0. The van der Waals surface area contributed by atoms with Crippen molar-refractivity contribution in [1.29, 1.82) is 0 Å². The van der Waals surface area contributed by atoms with Gasteiger partial charge in [0.1, 0.15) is 10.6 Å². The van der Waals surface area contributed by atoms with Crippen LogP contribution in [0.5, 0.6) is 5.75 Å². The van der Waals surface area contributed by atoms with Crippen molar-refractivity contribution in [2.45, 2.75) is 30.2 Å². The molecule has 1 N–H and O–H groups in total. The summed E-state index contributed by atoms with van der Waals surface area (Å²) in [6.45, 7) is 1.81. The number of benzene rings is 1. The summed E-state index contributed by atoms with van der Waals surface area (Å²) in [5.41, 5.74) is 0.965. The maximum absolute atomic E-state index is 13.0. The van der Waals surface area contributed by atoms with Crippen LogP contribution in [0, 0.1) is 0 Å². The number of fused-ring (bicyclic) bond motifs is 1. The molecule has 0 saturated carbocycles. The molecule has 5 nitrogen and oxygen atoms in total. The summed E-state index contributed by atoms with van der Waals surface area (Å²) in [5.74, 6) is 0.535. The van der Waals surface area contributed by atoms with Crippen LogP contribution in [0.1, 0.15) is 18.4 Å². The van der Waals surface area contributed by atoms with Crippen LogP contribution in [0.4, 0.5) is 0 Å². The maximum Gasteiger partial charge on any atom is 0.247 e. The van der Waals surface area contributed by atoms with E-state index in [0.717, 1.165) is 29.3 Å². The lowest BCUT2D eigenvalue weighted by molar-refractivity contribution is 0.343. The molecule has 2 aliphatic heterocycles. The van der Waals surface area contributed by atoms with Gasteiger partial charge in [-0.3, -0.25) is 0 Å². The van der Waals surface area contributed by atoms with E-state index in [1.54, 1.807) is 10.4 Å². The van der Waals surface area contributed by atoms with Crippen LogP contribution in [0.2, 0.25) is 0 Å². The van der Waals surface area contributed by atoms with E-state index in [9.17, 15) is 8.42 Å². The van der Waals surface area contributed by atoms with Gasteiger partial charge in [0.05, 0.1) is 6.61 Å². The van der Waals surface area contributed by atoms with E-state index >= 15 is 0 Å². The second-order valence-corrected chi connectivity index (χ2v) is 8.23. The third-order valence-electron chi connectivity index (χ3n) is 4.06. The molecule has 21 heavy (non-hydrogen) atoms. The smallest absolute Gasteiger partial charge is 0.247 e. The molecule has 0 aromatic heterocycles. The Morgan fingerprint density at radius 1 is 1.48 bits per heavy atom. The minimum absolute atomic E-state index is 0.0241. The molecule has 116 valence electrons. The normalized spacial score (nSPS) is 22.3. The fourth-order valence-corrected chi connectivity index (χ4v) is 5.67. The van der Waals surface area contributed by atoms with Crippen LogP contribution in [0.15, 0.2) is 21.5 Å². The Bertz CT molecular complexity index is 648. The summed E-state index contributed by atoms with van der Waals surface area (Å²) < 4.78 is 34.0. The fraction of sp³-hybridized carbons (Fsp3) is 0.571. The highest BCUT2D eigenvalue weighted by Gasteiger charge is 2.37. The van der Waals surface area contributed by atoms with E-state index in [4.69, 9.17) is 4.74 Å². The van der Waals surface area contributed by atoms with Crippen molar-refractivity contribution < 1.29 is 13.2 Å². The number of ether oxygens (including phenoxy) is 1. The predicted molar refractivity (Wildman–Crippen MR) is 84.2 cm³/mol. The first-order valence-electron chi connectivity index (χ1n) is 7.15. The number of nitrogens with zero attached hydrogens (tertiary/aromatic N) is 1. The highest BCUT2D eigenvalue weighted by atomic mass is 79.9. The van der Waals surface area contributed by atoms with Crippen molar-refractivity contribution in [3.63, 3.8) is 0 Å². The molecule has 0 spiro atoms. The first kappa shape index (κ1) is 15.3. The van der Waals surface area contributed by atoms with Crippen LogP contribution in [-0.4, -0.2) is 45.5 Å². The van der Waals surface area contributed by atoms with E-state index in [1.807, 2.05) is 13.1 Å². The van der Waals surface area contributed by atoms with Crippen LogP contribution >= 0.6 is 15.9 Å². The molecule has 1 aromatic rings. The second kappa shape index (κ2) is 5.87. The third-order valence-corrected chi connectivity index (χ3v) is 6.48. The van der Waals surface area contributed by atoms with E-state index in [0.29, 0.717) is 30.3 Å². The van der Waals surface area contributed by atoms with Gasteiger partial charge in [-0.25, -0.2) is 8.42 Å². The Morgan fingerprint density at radius 3 is 3.05 bits per heavy atom. The molecule has 1 aromatic carbocycles. The molecule has 1 saturated heterocycles. The standard InChI is InChI=1S/C14H19BrN2O3S/c1-16-9-12-3-2-5-17(12)21(18,19)13-8-11(15)7-10-4-6-20-14(10)13/h7-8,12,16H,2-6,9H2,1H3. The van der Waals surface area contributed by atoms with Gasteiger partial charge in [-0.15, -0.1) is 0 Å². The topological polar surface area (TPSA) is 58.6 Å². The van der Waals surface area contributed by atoms with Crippen LogP contribution < -0.4 is 10.1 Å². The molecule has 2 heterocycles. The third kappa shape index (κ3) is 2.72. The van der Waals surface area contributed by atoms with Crippen LogP contribution in [0.3, 0.4) is 0 Å². The molecule has 3 rings (SSSR count). The zero-order valence-electron chi connectivity index (χ0n) is 11.9. The molecular weight excluding hydrogens is 356 g/mol. The summed E-state index contributed by atoms with van der Waals surface area (Å²) in [6.07, 6.45) is 2.57. The van der Waals surface area contributed by atoms with E-state index in [1.165, 1.54) is 0 Å². The van der Waals surface area contributed by atoms with Gasteiger partial charge in [0.15, 0.2) is 0 Å². The van der Waals surface area contributed by atoms with Gasteiger partial charge in [0.25, 0.3) is 0 Å². The highest BCUT2D eigenvalue weighted by Crippen LogP contribution is 2.38. The highest BCUT2D eigenvalue weighted by molar-refractivity contribution is 9.10. The molecule has 7 heteroatoms. The van der Waals surface area contributed by atoms with Crippen molar-refractivity contribution in [3.05, 3.63) is 22.2 Å². The minimum Gasteiger partial charge on any atom is -0.492 e. The average Bonchev–Trinajstić information content (AvgIpc) is 3.06. The average molecular weight is 375 g/mol. The van der Waals surface area contributed by atoms with Gasteiger partial charge >= 0.3 is 0 Å². The number of nitrogens with one attached hydrogen (secondary N) is 1. The Kier molecular flexibility index (Phi) is 4.27. The lowest BCUT2D eigenvalue weighted by Crippen LogP contribution is -2.40. The summed E-state index contributed by atoms with van der Waals surface area (Å²) in [7, 11) is -1.67. The summed E-state index contributed by atoms with van der Waals surface area (Å²) in [4.78, 5) is 0.298. The quantitative estimate of drug-likeness (QED) is 0.872. The van der Waals surface area contributed by atoms with Crippen molar-refractivity contribution in [2.75, 3.05) is 26.7 Å². The van der Waals surface area contributed by atoms with Crippen LogP contribution in [0.25, 0.3) is 0 Å². The number of hydrogen-bond donors (Lipinski definition) is 1. The SMILES string of the molecule is CNCC1CCCN1S(=O)(=O)c1cc(Br)cc2c1OCC2. The fourth-order valence-electron chi connectivity index (χ4n) is 3.12. The largest absolute Gasteiger partial charge is 0.492 e. The predicted octanol–water partition coefficient (Wildman–Crippen LogP) is 1.76. The zero-order valence-corrected chi connectivity index (χ0v) is 14.3. The van der Waals surface area contributed by atoms with Gasteiger partial charge in [-0.1, -0.05) is 15.9 Å². The van der Waals surface area contributed by atoms with Gasteiger partial charge in [0.2, 0.25) is 10.0 Å². The van der Waals surface area contributed by atoms with E-state index < -0.39 is 10.0 Å². The Balaban J connectivity index is 2.03. The number of rotatable bonds is 4. The number of sulfonamides is 1. The number of halogens is 1. The molecule has 2 aliphatic rings. The molecule has 0 aliphatic carbocycles. The molecular formula is C14H19BrN2O3S. The molecule has 0 amide bonds. The monoisotopic (exact) mass is 374 g/mol. The second-order valence-electron chi connectivity index (χ2n) is 5.46.